The number of carboxylic acid groups (broad SMARTS) is 2. The molecule has 0 saturated carbocycles. The number of hydrogen-bond acceptors (Lipinski definition) is 7. The third kappa shape index (κ3) is 22.8. The average Bonchev–Trinajstić information content (AvgIpc) is 2.70. The standard InChI is InChI=1S/C22H38O9S.Na/c1-2-3-4-8-11-14-18(15-12-9-6-5-7-10-13-16-20(23)24)30-22(27)19(17-21(25)26)31-32(28)29;/h12,15,18-19H,2-11,13-14,16-17H2,1H3,(H,23,24)(H,25,26)(H,28,29);/q;+1/p-1/b15-12-;/t18-,19?;/m1./s1. The Morgan fingerprint density at radius 3 is 2.15 bits per heavy atom. The Balaban J connectivity index is 0. The molecule has 0 aliphatic rings. The van der Waals surface area contributed by atoms with Crippen molar-refractivity contribution in [2.75, 3.05) is 0 Å². The number of esters is 1. The van der Waals surface area contributed by atoms with E-state index in [1.54, 1.807) is 6.08 Å². The maximum Gasteiger partial charge on any atom is 1.00 e. The van der Waals surface area contributed by atoms with E-state index in [1.165, 1.54) is 0 Å². The van der Waals surface area contributed by atoms with Gasteiger partial charge in [0.15, 0.2) is 6.10 Å². The van der Waals surface area contributed by atoms with Gasteiger partial charge in [-0.25, -0.2) is 9.00 Å². The van der Waals surface area contributed by atoms with Gasteiger partial charge in [-0.1, -0.05) is 57.9 Å². The van der Waals surface area contributed by atoms with Crippen LogP contribution in [0, 0.1) is 0 Å². The summed E-state index contributed by atoms with van der Waals surface area (Å²) < 4.78 is 31.3. The van der Waals surface area contributed by atoms with E-state index in [9.17, 15) is 23.1 Å². The van der Waals surface area contributed by atoms with Gasteiger partial charge >= 0.3 is 47.5 Å². The SMILES string of the molecule is CCCCCCC[C@H](/C=C\CCCCCCCC(=O)O)OC(=O)C(CC(=O)O)OS(=O)[O-].[Na+]. The number of carboxylic acids is 2. The minimum atomic E-state index is -3.04. The van der Waals surface area contributed by atoms with Crippen LogP contribution in [0.5, 0.6) is 0 Å². The summed E-state index contributed by atoms with van der Waals surface area (Å²) in [6, 6.07) is 0. The molecular weight excluding hydrogens is 463 g/mol. The summed E-state index contributed by atoms with van der Waals surface area (Å²) in [4.78, 5) is 33.7. The van der Waals surface area contributed by atoms with Crippen molar-refractivity contribution in [2.24, 2.45) is 0 Å². The minimum absolute atomic E-state index is 0. The molecule has 2 unspecified atom stereocenters. The van der Waals surface area contributed by atoms with E-state index in [0.29, 0.717) is 12.8 Å². The van der Waals surface area contributed by atoms with Crippen LogP contribution in [0.25, 0.3) is 0 Å². The third-order valence-electron chi connectivity index (χ3n) is 4.79. The molecule has 0 radical (unpaired) electrons. The molecule has 3 atom stereocenters. The van der Waals surface area contributed by atoms with E-state index in [2.05, 4.69) is 11.1 Å². The first-order valence-electron chi connectivity index (χ1n) is 11.3. The van der Waals surface area contributed by atoms with Crippen molar-refractivity contribution in [1.82, 2.24) is 0 Å². The van der Waals surface area contributed by atoms with Gasteiger partial charge in [0.2, 0.25) is 0 Å². The summed E-state index contributed by atoms with van der Waals surface area (Å²) in [6.07, 6.45) is 11.6. The number of carbonyl (C=O) groups excluding carboxylic acids is 1. The second kappa shape index (κ2) is 23.0. The van der Waals surface area contributed by atoms with Crippen molar-refractivity contribution in [1.29, 1.82) is 0 Å². The van der Waals surface area contributed by atoms with Crippen LogP contribution in [0.2, 0.25) is 0 Å². The Bertz CT molecular complexity index is 582. The number of allylic oxidation sites excluding steroid dienone is 1. The van der Waals surface area contributed by atoms with Crippen LogP contribution in [-0.4, -0.2) is 49.1 Å². The van der Waals surface area contributed by atoms with Crippen LogP contribution in [0.1, 0.15) is 96.8 Å². The molecule has 0 heterocycles. The van der Waals surface area contributed by atoms with Gasteiger partial charge in [-0.2, -0.15) is 0 Å². The van der Waals surface area contributed by atoms with Gasteiger partial charge in [0, 0.05) is 6.42 Å². The van der Waals surface area contributed by atoms with Crippen molar-refractivity contribution < 1.29 is 71.8 Å². The molecule has 9 nitrogen and oxygen atoms in total. The van der Waals surface area contributed by atoms with E-state index < -0.39 is 47.9 Å². The molecule has 186 valence electrons. The van der Waals surface area contributed by atoms with Crippen LogP contribution in [-0.2, 0) is 34.7 Å². The molecule has 33 heavy (non-hydrogen) atoms. The monoisotopic (exact) mass is 500 g/mol. The van der Waals surface area contributed by atoms with Gasteiger partial charge in [-0.05, 0) is 38.2 Å². The molecule has 0 fully saturated rings. The van der Waals surface area contributed by atoms with Crippen molar-refractivity contribution >= 4 is 29.3 Å². The van der Waals surface area contributed by atoms with Crippen molar-refractivity contribution in [3.05, 3.63) is 12.2 Å². The summed E-state index contributed by atoms with van der Waals surface area (Å²) in [5.41, 5.74) is 0. The quantitative estimate of drug-likeness (QED) is 0.0781. The number of ether oxygens (including phenoxy) is 1. The van der Waals surface area contributed by atoms with Gasteiger partial charge in [-0.3, -0.25) is 13.8 Å². The average molecular weight is 501 g/mol. The molecule has 0 aliphatic carbocycles. The predicted molar refractivity (Wildman–Crippen MR) is 118 cm³/mol. The van der Waals surface area contributed by atoms with Crippen LogP contribution in [0.4, 0.5) is 0 Å². The Morgan fingerprint density at radius 2 is 1.55 bits per heavy atom. The number of rotatable bonds is 21. The maximum absolute atomic E-state index is 12.3. The first kappa shape index (κ1) is 34.4. The van der Waals surface area contributed by atoms with Crippen LogP contribution >= 0.6 is 0 Å². The Hall–Kier alpha value is -0.780. The second-order valence-corrected chi connectivity index (χ2v) is 8.29. The summed E-state index contributed by atoms with van der Waals surface area (Å²) in [6.45, 7) is 2.11. The zero-order valence-corrected chi connectivity index (χ0v) is 22.7. The number of aliphatic carboxylic acids is 2. The molecule has 0 aromatic rings. The van der Waals surface area contributed by atoms with Gasteiger partial charge < -0.3 is 19.5 Å². The molecule has 0 amide bonds. The fraction of sp³-hybridized carbons (Fsp3) is 0.773. The van der Waals surface area contributed by atoms with Crippen molar-refractivity contribution in [2.45, 2.75) is 109 Å². The first-order chi connectivity index (χ1) is 15.3. The Labute approximate surface area is 221 Å². The summed E-state index contributed by atoms with van der Waals surface area (Å²) in [5, 5.41) is 17.5. The largest absolute Gasteiger partial charge is 1.00 e. The number of hydrogen-bond donors (Lipinski definition) is 2. The van der Waals surface area contributed by atoms with E-state index >= 15 is 0 Å². The zero-order valence-electron chi connectivity index (χ0n) is 19.9. The van der Waals surface area contributed by atoms with Crippen molar-refractivity contribution in [3.8, 4) is 0 Å². The van der Waals surface area contributed by atoms with E-state index in [0.717, 1.165) is 64.2 Å². The molecular formula is C22H37NaO9S. The maximum atomic E-state index is 12.3. The fourth-order valence-electron chi connectivity index (χ4n) is 3.10. The topological polar surface area (TPSA) is 150 Å². The Morgan fingerprint density at radius 1 is 0.939 bits per heavy atom. The third-order valence-corrected chi connectivity index (χ3v) is 5.18. The predicted octanol–water partition coefficient (Wildman–Crippen LogP) is 1.29. The second-order valence-electron chi connectivity index (χ2n) is 7.69. The van der Waals surface area contributed by atoms with E-state index in [1.807, 2.05) is 6.08 Å². The molecule has 0 aromatic carbocycles. The molecule has 0 saturated heterocycles. The van der Waals surface area contributed by atoms with Gasteiger partial charge in [0.1, 0.15) is 6.10 Å². The summed E-state index contributed by atoms with van der Waals surface area (Å²) >= 11 is -3.04. The number of unbranched alkanes of at least 4 members (excludes halogenated alkanes) is 9. The zero-order chi connectivity index (χ0) is 24.2. The molecule has 0 spiro atoms. The molecule has 0 bridgehead atoms. The van der Waals surface area contributed by atoms with E-state index in [4.69, 9.17) is 14.9 Å². The Kier molecular flexibility index (Phi) is 24.0. The fourth-order valence-corrected chi connectivity index (χ4v) is 3.43. The molecule has 2 N–H and O–H groups in total. The van der Waals surface area contributed by atoms with Gasteiger partial charge in [0.05, 0.1) is 17.8 Å². The summed E-state index contributed by atoms with van der Waals surface area (Å²) in [7, 11) is 0. The van der Waals surface area contributed by atoms with Crippen LogP contribution in [0.3, 0.4) is 0 Å². The molecule has 0 rings (SSSR count). The van der Waals surface area contributed by atoms with E-state index in [-0.39, 0.29) is 36.0 Å². The summed E-state index contributed by atoms with van der Waals surface area (Å²) in [5.74, 6) is -3.16. The van der Waals surface area contributed by atoms with Crippen molar-refractivity contribution in [3.63, 3.8) is 0 Å². The smallest absolute Gasteiger partial charge is 0.750 e. The van der Waals surface area contributed by atoms with Gasteiger partial charge in [-0.15, -0.1) is 0 Å². The minimum Gasteiger partial charge on any atom is -0.750 e. The normalized spacial score (nSPS) is 13.8. The number of carbonyl (C=O) groups is 3. The van der Waals surface area contributed by atoms with Gasteiger partial charge in [0.25, 0.3) is 0 Å². The molecule has 11 heteroatoms. The molecule has 0 aliphatic heterocycles. The van der Waals surface area contributed by atoms with Crippen LogP contribution < -0.4 is 29.6 Å². The molecule has 0 aromatic heterocycles. The van der Waals surface area contributed by atoms with Crippen LogP contribution in [0.15, 0.2) is 12.2 Å². The first-order valence-corrected chi connectivity index (χ1v) is 12.3.